The number of hydrogen-bond donors (Lipinski definition) is 1. The molecule has 0 bridgehead atoms. The zero-order valence-corrected chi connectivity index (χ0v) is 9.73. The van der Waals surface area contributed by atoms with Crippen molar-refractivity contribution in [2.75, 3.05) is 0 Å². The van der Waals surface area contributed by atoms with E-state index in [0.717, 1.165) is 11.3 Å². The van der Waals surface area contributed by atoms with Crippen LogP contribution in [-0.4, -0.2) is 11.9 Å². The molecule has 1 aromatic heterocycles. The molecule has 0 saturated carbocycles. The van der Waals surface area contributed by atoms with E-state index in [1.165, 1.54) is 11.3 Å². The first-order valence-electron chi connectivity index (χ1n) is 4.94. The van der Waals surface area contributed by atoms with Crippen LogP contribution in [0.15, 0.2) is 17.5 Å². The van der Waals surface area contributed by atoms with Gasteiger partial charge in [-0.2, -0.15) is 0 Å². The van der Waals surface area contributed by atoms with Gasteiger partial charge < -0.3 is 5.32 Å². The van der Waals surface area contributed by atoms with E-state index >= 15 is 0 Å². The van der Waals surface area contributed by atoms with Gasteiger partial charge in [-0.3, -0.25) is 4.79 Å². The molecule has 1 N–H and O–H groups in total. The summed E-state index contributed by atoms with van der Waals surface area (Å²) in [5.41, 5.74) is 0. The summed E-state index contributed by atoms with van der Waals surface area (Å²) in [5, 5.41) is 4.90. The fourth-order valence-electron chi connectivity index (χ4n) is 1.47. The third-order valence-electron chi connectivity index (χ3n) is 1.95. The van der Waals surface area contributed by atoms with Crippen LogP contribution in [0.25, 0.3) is 0 Å². The van der Waals surface area contributed by atoms with Crippen molar-refractivity contribution in [3.8, 4) is 0 Å². The van der Waals surface area contributed by atoms with Gasteiger partial charge in [-0.05, 0) is 30.7 Å². The van der Waals surface area contributed by atoms with Crippen molar-refractivity contribution in [2.45, 2.75) is 33.2 Å². The summed E-state index contributed by atoms with van der Waals surface area (Å²) in [6, 6.07) is 4.00. The normalized spacial score (nSPS) is 12.9. The first-order valence-corrected chi connectivity index (χ1v) is 5.82. The second kappa shape index (κ2) is 5.15. The molecule has 0 aliphatic rings. The molecule has 1 aromatic rings. The molecule has 1 atom stereocenters. The predicted octanol–water partition coefficient (Wildman–Crippen LogP) is 2.91. The maximum atomic E-state index is 11.6. The molecule has 0 radical (unpaired) electrons. The van der Waals surface area contributed by atoms with Crippen LogP contribution in [0.5, 0.6) is 0 Å². The summed E-state index contributed by atoms with van der Waals surface area (Å²) in [4.78, 5) is 12.4. The minimum absolute atomic E-state index is 0.0492. The molecule has 0 fully saturated rings. The van der Waals surface area contributed by atoms with Gasteiger partial charge in [0, 0.05) is 6.04 Å². The van der Waals surface area contributed by atoms with Gasteiger partial charge in [0.25, 0.3) is 5.91 Å². The molecular weight excluding hydrogens is 194 g/mol. The largest absolute Gasteiger partial charge is 0.349 e. The number of amides is 1. The zero-order chi connectivity index (χ0) is 10.6. The maximum Gasteiger partial charge on any atom is 0.261 e. The molecule has 1 rings (SSSR count). The first-order chi connectivity index (χ1) is 6.59. The number of carbonyl (C=O) groups is 1. The number of hydrogen-bond acceptors (Lipinski definition) is 2. The van der Waals surface area contributed by atoms with Crippen molar-refractivity contribution in [1.82, 2.24) is 5.32 Å². The lowest BCUT2D eigenvalue weighted by molar-refractivity contribution is 0.0940. The molecule has 1 heterocycles. The molecule has 0 aliphatic heterocycles. The minimum atomic E-state index is 0.0492. The Morgan fingerprint density at radius 2 is 2.21 bits per heavy atom. The molecule has 0 saturated heterocycles. The third-order valence-corrected chi connectivity index (χ3v) is 2.82. The highest BCUT2D eigenvalue weighted by Crippen LogP contribution is 2.10. The van der Waals surface area contributed by atoms with Crippen molar-refractivity contribution in [1.29, 1.82) is 0 Å². The second-order valence-electron chi connectivity index (χ2n) is 3.98. The highest BCUT2D eigenvalue weighted by atomic mass is 32.1. The van der Waals surface area contributed by atoms with Gasteiger partial charge in [-0.1, -0.05) is 19.9 Å². The number of carbonyl (C=O) groups excluding carboxylic acids is 1. The van der Waals surface area contributed by atoms with Crippen molar-refractivity contribution in [3.05, 3.63) is 22.4 Å². The van der Waals surface area contributed by atoms with Crippen molar-refractivity contribution < 1.29 is 4.79 Å². The van der Waals surface area contributed by atoms with Crippen LogP contribution >= 0.6 is 11.3 Å². The molecule has 0 aliphatic carbocycles. The van der Waals surface area contributed by atoms with Crippen LogP contribution in [0.1, 0.15) is 36.9 Å². The minimum Gasteiger partial charge on any atom is -0.349 e. The Hall–Kier alpha value is -0.830. The molecule has 1 unspecified atom stereocenters. The number of thiophene rings is 1. The van der Waals surface area contributed by atoms with E-state index in [0.29, 0.717) is 5.92 Å². The topological polar surface area (TPSA) is 29.1 Å². The van der Waals surface area contributed by atoms with Gasteiger partial charge in [-0.15, -0.1) is 11.3 Å². The monoisotopic (exact) mass is 211 g/mol. The van der Waals surface area contributed by atoms with E-state index < -0.39 is 0 Å². The molecule has 0 aromatic carbocycles. The van der Waals surface area contributed by atoms with Gasteiger partial charge >= 0.3 is 0 Å². The quantitative estimate of drug-likeness (QED) is 0.815. The fourth-order valence-corrected chi connectivity index (χ4v) is 2.10. The molecular formula is C11H17NOS. The molecule has 2 nitrogen and oxygen atoms in total. The predicted molar refractivity (Wildman–Crippen MR) is 60.7 cm³/mol. The Labute approximate surface area is 89.3 Å². The Balaban J connectivity index is 2.41. The average Bonchev–Trinajstić information content (AvgIpc) is 2.53. The highest BCUT2D eigenvalue weighted by molar-refractivity contribution is 7.12. The summed E-state index contributed by atoms with van der Waals surface area (Å²) in [6.07, 6.45) is 1.02. The Bertz CT molecular complexity index is 279. The smallest absolute Gasteiger partial charge is 0.261 e. The van der Waals surface area contributed by atoms with Crippen LogP contribution in [0.4, 0.5) is 0 Å². The lowest BCUT2D eigenvalue weighted by Gasteiger charge is -2.15. The summed E-state index contributed by atoms with van der Waals surface area (Å²) in [7, 11) is 0. The van der Waals surface area contributed by atoms with Crippen molar-refractivity contribution in [2.24, 2.45) is 5.92 Å². The molecule has 3 heteroatoms. The van der Waals surface area contributed by atoms with Gasteiger partial charge in [0.1, 0.15) is 0 Å². The summed E-state index contributed by atoms with van der Waals surface area (Å²) in [6.45, 7) is 6.37. The van der Waals surface area contributed by atoms with Crippen LogP contribution < -0.4 is 5.32 Å². The standard InChI is InChI=1S/C11H17NOS/c1-8(2)7-9(3)12-11(13)10-5-4-6-14-10/h4-6,8-9H,7H2,1-3H3,(H,12,13). The Morgan fingerprint density at radius 3 is 2.71 bits per heavy atom. The number of nitrogens with one attached hydrogen (secondary N) is 1. The van der Waals surface area contributed by atoms with Crippen LogP contribution in [0.3, 0.4) is 0 Å². The number of rotatable bonds is 4. The summed E-state index contributed by atoms with van der Waals surface area (Å²) in [5.74, 6) is 0.668. The van der Waals surface area contributed by atoms with E-state index in [2.05, 4.69) is 19.2 Å². The third kappa shape index (κ3) is 3.50. The van der Waals surface area contributed by atoms with Crippen LogP contribution in [0.2, 0.25) is 0 Å². The lowest BCUT2D eigenvalue weighted by atomic mass is 10.1. The molecule has 1 amide bonds. The Kier molecular flexibility index (Phi) is 4.14. The van der Waals surface area contributed by atoms with Gasteiger partial charge in [0.15, 0.2) is 0 Å². The molecule has 0 spiro atoms. The molecule has 78 valence electrons. The summed E-state index contributed by atoms with van der Waals surface area (Å²) >= 11 is 1.48. The van der Waals surface area contributed by atoms with Crippen LogP contribution in [0, 0.1) is 5.92 Å². The van der Waals surface area contributed by atoms with Gasteiger partial charge in [0.2, 0.25) is 0 Å². The highest BCUT2D eigenvalue weighted by Gasteiger charge is 2.11. The Morgan fingerprint density at radius 1 is 1.50 bits per heavy atom. The summed E-state index contributed by atoms with van der Waals surface area (Å²) < 4.78 is 0. The van der Waals surface area contributed by atoms with Crippen molar-refractivity contribution in [3.63, 3.8) is 0 Å². The van der Waals surface area contributed by atoms with E-state index in [1.807, 2.05) is 24.4 Å². The molecule has 14 heavy (non-hydrogen) atoms. The fraction of sp³-hybridized carbons (Fsp3) is 0.545. The first kappa shape index (κ1) is 11.2. The van der Waals surface area contributed by atoms with E-state index in [-0.39, 0.29) is 11.9 Å². The van der Waals surface area contributed by atoms with Crippen LogP contribution in [-0.2, 0) is 0 Å². The SMILES string of the molecule is CC(C)CC(C)NC(=O)c1cccs1. The van der Waals surface area contributed by atoms with E-state index in [9.17, 15) is 4.79 Å². The zero-order valence-electron chi connectivity index (χ0n) is 8.91. The van der Waals surface area contributed by atoms with Gasteiger partial charge in [-0.25, -0.2) is 0 Å². The average molecular weight is 211 g/mol. The van der Waals surface area contributed by atoms with E-state index in [4.69, 9.17) is 0 Å². The maximum absolute atomic E-state index is 11.6. The second-order valence-corrected chi connectivity index (χ2v) is 4.93. The van der Waals surface area contributed by atoms with Crippen molar-refractivity contribution >= 4 is 17.2 Å². The van der Waals surface area contributed by atoms with E-state index in [1.54, 1.807) is 0 Å². The van der Waals surface area contributed by atoms with Gasteiger partial charge in [0.05, 0.1) is 4.88 Å². The lowest BCUT2D eigenvalue weighted by Crippen LogP contribution is -2.32.